The molecule has 1 aromatic rings. The number of carbonyl (C=O) groups is 1. The van der Waals surface area contributed by atoms with Crippen LogP contribution in [0.3, 0.4) is 0 Å². The Hall–Kier alpha value is -1.22. The second-order valence-corrected chi connectivity index (χ2v) is 4.61. The van der Waals surface area contributed by atoms with Gasteiger partial charge >= 0.3 is 5.97 Å². The van der Waals surface area contributed by atoms with E-state index >= 15 is 0 Å². The molecule has 1 heterocycles. The number of nitrogens with zero attached hydrogens (tertiary/aromatic N) is 1. The molecule has 1 unspecified atom stereocenters. The molecule has 0 bridgehead atoms. The van der Waals surface area contributed by atoms with Gasteiger partial charge in [0.1, 0.15) is 0 Å². The van der Waals surface area contributed by atoms with E-state index in [-0.39, 0.29) is 12.5 Å². The summed E-state index contributed by atoms with van der Waals surface area (Å²) in [5.41, 5.74) is 2.38. The number of hydrogen-bond acceptors (Lipinski definition) is 2. The summed E-state index contributed by atoms with van der Waals surface area (Å²) in [5.74, 6) is -0.734. The van der Waals surface area contributed by atoms with Gasteiger partial charge in [-0.2, -0.15) is 0 Å². The fraction of sp³-hybridized carbons (Fsp3) is 0.417. The maximum atomic E-state index is 10.6. The van der Waals surface area contributed by atoms with Crippen LogP contribution in [-0.4, -0.2) is 24.2 Å². The van der Waals surface area contributed by atoms with Crippen LogP contribution in [-0.2, 0) is 11.2 Å². The fourth-order valence-corrected chi connectivity index (χ4v) is 2.43. The third kappa shape index (κ3) is 2.14. The number of halogens is 1. The molecule has 1 aliphatic rings. The van der Waals surface area contributed by atoms with Crippen molar-refractivity contribution in [2.75, 3.05) is 11.9 Å². The molecule has 0 saturated carbocycles. The molecule has 2 rings (SSSR count). The number of benzene rings is 1. The SMILES string of the molecule is CN1c2ccc(Cl)cc2CC1CCC(=O)O. The minimum atomic E-state index is -0.734. The third-order valence-corrected chi connectivity index (χ3v) is 3.35. The number of rotatable bonds is 3. The van der Waals surface area contributed by atoms with Gasteiger partial charge < -0.3 is 10.0 Å². The first kappa shape index (κ1) is 11.3. The number of carboxylic acid groups (broad SMARTS) is 1. The minimum absolute atomic E-state index is 0.219. The van der Waals surface area contributed by atoms with Crippen molar-refractivity contribution in [3.63, 3.8) is 0 Å². The van der Waals surface area contributed by atoms with Gasteiger partial charge in [-0.1, -0.05) is 11.6 Å². The van der Waals surface area contributed by atoms with Crippen molar-refractivity contribution in [3.05, 3.63) is 28.8 Å². The summed E-state index contributed by atoms with van der Waals surface area (Å²) in [6, 6.07) is 6.12. The van der Waals surface area contributed by atoms with Crippen LogP contribution in [0.25, 0.3) is 0 Å². The number of carboxylic acids is 1. The average molecular weight is 240 g/mol. The molecule has 0 fully saturated rings. The molecule has 0 aromatic heterocycles. The van der Waals surface area contributed by atoms with Gasteiger partial charge in [-0.05, 0) is 36.6 Å². The number of hydrogen-bond donors (Lipinski definition) is 1. The fourth-order valence-electron chi connectivity index (χ4n) is 2.23. The first-order valence-electron chi connectivity index (χ1n) is 5.31. The molecule has 3 nitrogen and oxygen atoms in total. The molecule has 4 heteroatoms. The van der Waals surface area contributed by atoms with E-state index in [1.54, 1.807) is 0 Å². The first-order valence-corrected chi connectivity index (χ1v) is 5.69. The van der Waals surface area contributed by atoms with Crippen LogP contribution in [0.4, 0.5) is 5.69 Å². The second kappa shape index (κ2) is 4.34. The Morgan fingerprint density at radius 3 is 3.06 bits per heavy atom. The van der Waals surface area contributed by atoms with E-state index in [0.717, 1.165) is 11.4 Å². The molecular formula is C12H14ClNO2. The normalized spacial score (nSPS) is 18.6. The molecule has 0 spiro atoms. The van der Waals surface area contributed by atoms with E-state index in [1.165, 1.54) is 11.3 Å². The van der Waals surface area contributed by atoms with Crippen molar-refractivity contribution < 1.29 is 9.90 Å². The molecule has 16 heavy (non-hydrogen) atoms. The summed E-state index contributed by atoms with van der Waals surface area (Å²) in [6.07, 6.45) is 1.79. The highest BCUT2D eigenvalue weighted by atomic mass is 35.5. The van der Waals surface area contributed by atoms with Gasteiger partial charge in [-0.25, -0.2) is 0 Å². The lowest BCUT2D eigenvalue weighted by Gasteiger charge is -2.21. The summed E-state index contributed by atoms with van der Waals surface area (Å²) >= 11 is 5.93. The third-order valence-electron chi connectivity index (χ3n) is 3.12. The molecule has 1 atom stereocenters. The van der Waals surface area contributed by atoms with Gasteiger partial charge in [0.05, 0.1) is 0 Å². The van der Waals surface area contributed by atoms with E-state index in [1.807, 2.05) is 25.2 Å². The van der Waals surface area contributed by atoms with E-state index in [9.17, 15) is 4.79 Å². The maximum Gasteiger partial charge on any atom is 0.303 e. The predicted molar refractivity (Wildman–Crippen MR) is 64.2 cm³/mol. The van der Waals surface area contributed by atoms with Crippen molar-refractivity contribution >= 4 is 23.3 Å². The molecule has 0 aliphatic carbocycles. The number of likely N-dealkylation sites (N-methyl/N-ethyl adjacent to an activating group) is 1. The number of anilines is 1. The molecule has 86 valence electrons. The van der Waals surface area contributed by atoms with Crippen molar-refractivity contribution in [3.8, 4) is 0 Å². The van der Waals surface area contributed by atoms with Crippen LogP contribution in [0.1, 0.15) is 18.4 Å². The molecule has 1 aromatic carbocycles. The summed E-state index contributed by atoms with van der Waals surface area (Å²) < 4.78 is 0. The minimum Gasteiger partial charge on any atom is -0.481 e. The van der Waals surface area contributed by atoms with Crippen molar-refractivity contribution in [2.24, 2.45) is 0 Å². The molecule has 1 aliphatic heterocycles. The van der Waals surface area contributed by atoms with Crippen molar-refractivity contribution in [1.82, 2.24) is 0 Å². The summed E-state index contributed by atoms with van der Waals surface area (Å²) in [7, 11) is 2.01. The maximum absolute atomic E-state index is 10.6. The number of fused-ring (bicyclic) bond motifs is 1. The van der Waals surface area contributed by atoms with E-state index in [2.05, 4.69) is 4.90 Å². The molecule has 0 amide bonds. The molecular weight excluding hydrogens is 226 g/mol. The van der Waals surface area contributed by atoms with Gasteiger partial charge in [-0.3, -0.25) is 4.79 Å². The highest BCUT2D eigenvalue weighted by Crippen LogP contribution is 2.34. The van der Waals surface area contributed by atoms with Crippen LogP contribution in [0.15, 0.2) is 18.2 Å². The monoisotopic (exact) mass is 239 g/mol. The predicted octanol–water partition coefficient (Wildman–Crippen LogP) is 2.57. The van der Waals surface area contributed by atoms with Crippen LogP contribution in [0.2, 0.25) is 5.02 Å². The Balaban J connectivity index is 2.11. The Kier molecular flexibility index (Phi) is 3.06. The van der Waals surface area contributed by atoms with Gasteiger partial charge in [-0.15, -0.1) is 0 Å². The second-order valence-electron chi connectivity index (χ2n) is 4.17. The molecule has 0 radical (unpaired) electrons. The quantitative estimate of drug-likeness (QED) is 0.881. The Morgan fingerprint density at radius 2 is 2.38 bits per heavy atom. The smallest absolute Gasteiger partial charge is 0.303 e. The van der Waals surface area contributed by atoms with Crippen LogP contribution >= 0.6 is 11.6 Å². The van der Waals surface area contributed by atoms with Crippen molar-refractivity contribution in [2.45, 2.75) is 25.3 Å². The summed E-state index contributed by atoms with van der Waals surface area (Å²) in [4.78, 5) is 12.7. The largest absolute Gasteiger partial charge is 0.481 e. The Bertz CT molecular complexity index is 419. The Labute approximate surface area is 99.6 Å². The zero-order chi connectivity index (χ0) is 11.7. The summed E-state index contributed by atoms with van der Waals surface area (Å²) in [5, 5.41) is 9.42. The highest BCUT2D eigenvalue weighted by Gasteiger charge is 2.26. The molecule has 0 saturated heterocycles. The van der Waals surface area contributed by atoms with Crippen LogP contribution in [0.5, 0.6) is 0 Å². The topological polar surface area (TPSA) is 40.5 Å². The standard InChI is InChI=1S/C12H14ClNO2/c1-14-10(3-5-12(15)16)7-8-6-9(13)2-4-11(8)14/h2,4,6,10H,3,5,7H2,1H3,(H,15,16). The van der Waals surface area contributed by atoms with Gasteiger partial charge in [0, 0.05) is 30.2 Å². The lowest BCUT2D eigenvalue weighted by molar-refractivity contribution is -0.137. The van der Waals surface area contributed by atoms with E-state index in [4.69, 9.17) is 16.7 Å². The van der Waals surface area contributed by atoms with E-state index < -0.39 is 5.97 Å². The Morgan fingerprint density at radius 1 is 1.62 bits per heavy atom. The summed E-state index contributed by atoms with van der Waals surface area (Å²) in [6.45, 7) is 0. The lowest BCUT2D eigenvalue weighted by atomic mass is 10.1. The zero-order valence-corrected chi connectivity index (χ0v) is 9.87. The average Bonchev–Trinajstić information content (AvgIpc) is 2.52. The zero-order valence-electron chi connectivity index (χ0n) is 9.11. The lowest BCUT2D eigenvalue weighted by Crippen LogP contribution is -2.28. The molecule has 1 N–H and O–H groups in total. The van der Waals surface area contributed by atoms with Crippen LogP contribution in [0, 0.1) is 0 Å². The van der Waals surface area contributed by atoms with Gasteiger partial charge in [0.15, 0.2) is 0 Å². The number of aliphatic carboxylic acids is 1. The first-order chi connectivity index (χ1) is 7.58. The van der Waals surface area contributed by atoms with Crippen molar-refractivity contribution in [1.29, 1.82) is 0 Å². The van der Waals surface area contributed by atoms with Gasteiger partial charge in [0.25, 0.3) is 0 Å². The van der Waals surface area contributed by atoms with E-state index in [0.29, 0.717) is 6.42 Å². The highest BCUT2D eigenvalue weighted by molar-refractivity contribution is 6.30. The van der Waals surface area contributed by atoms with Gasteiger partial charge in [0.2, 0.25) is 0 Å². The van der Waals surface area contributed by atoms with Crippen LogP contribution < -0.4 is 4.90 Å².